The first-order valence-electron chi connectivity index (χ1n) is 7.51. The Morgan fingerprint density at radius 3 is 2.33 bits per heavy atom. The molecule has 4 N–H and O–H groups in total. The van der Waals surface area contributed by atoms with Gasteiger partial charge in [-0.25, -0.2) is 18.2 Å². The number of sulfonamides is 1. The summed E-state index contributed by atoms with van der Waals surface area (Å²) < 4.78 is 24.3. The van der Waals surface area contributed by atoms with Gasteiger partial charge in [0, 0.05) is 16.8 Å². The van der Waals surface area contributed by atoms with Crippen LogP contribution in [0.15, 0.2) is 64.6 Å². The number of hydrogen-bond acceptors (Lipinski definition) is 5. The number of primary sulfonamides is 1. The largest absolute Gasteiger partial charge is 0.381 e. The Kier molecular flexibility index (Phi) is 4.96. The van der Waals surface area contributed by atoms with E-state index in [-0.39, 0.29) is 10.7 Å². The highest BCUT2D eigenvalue weighted by Crippen LogP contribution is 2.26. The van der Waals surface area contributed by atoms with Crippen molar-refractivity contribution in [1.29, 1.82) is 5.26 Å². The molecule has 0 atom stereocenters. The van der Waals surface area contributed by atoms with Crippen LogP contribution in [0.1, 0.15) is 5.69 Å². The molecule has 1 heterocycles. The van der Waals surface area contributed by atoms with E-state index in [2.05, 4.69) is 10.1 Å². The van der Waals surface area contributed by atoms with E-state index >= 15 is 0 Å². The Bertz CT molecular complexity index is 1160. The van der Waals surface area contributed by atoms with E-state index in [1.165, 1.54) is 16.8 Å². The van der Waals surface area contributed by atoms with Crippen LogP contribution in [0.5, 0.6) is 0 Å². The van der Waals surface area contributed by atoms with Crippen LogP contribution < -0.4 is 10.9 Å². The topological polar surface area (TPSA) is 140 Å². The molecular formula is C17H13ClN6O2S. The first-order chi connectivity index (χ1) is 12.8. The molecule has 10 heteroatoms. The van der Waals surface area contributed by atoms with E-state index in [0.717, 1.165) is 5.56 Å². The van der Waals surface area contributed by atoms with Gasteiger partial charge in [0.2, 0.25) is 16.2 Å². The highest BCUT2D eigenvalue weighted by molar-refractivity contribution is 7.89. The average Bonchev–Trinajstić information content (AvgIpc) is 3.07. The predicted molar refractivity (Wildman–Crippen MR) is 102 cm³/mol. The second kappa shape index (κ2) is 7.20. The fourth-order valence-corrected chi connectivity index (χ4v) is 3.07. The highest BCUT2D eigenvalue weighted by Gasteiger charge is 2.16. The van der Waals surface area contributed by atoms with Crippen LogP contribution in [0.25, 0.3) is 16.8 Å². The second-order valence-corrected chi connectivity index (χ2v) is 7.48. The molecule has 3 rings (SSSR count). The third kappa shape index (κ3) is 3.98. The first-order valence-corrected chi connectivity index (χ1v) is 9.43. The number of hydrogen-bond donors (Lipinski definition) is 2. The fourth-order valence-electron chi connectivity index (χ4n) is 2.43. The van der Waals surface area contributed by atoms with E-state index < -0.39 is 10.0 Å². The minimum absolute atomic E-state index is 0.0119. The lowest BCUT2D eigenvalue weighted by Gasteiger charge is -2.02. The maximum Gasteiger partial charge on any atom is 0.238 e. The van der Waals surface area contributed by atoms with Crippen molar-refractivity contribution in [2.24, 2.45) is 15.9 Å². The zero-order valence-corrected chi connectivity index (χ0v) is 15.3. The van der Waals surface area contributed by atoms with Gasteiger partial charge in [0.1, 0.15) is 5.69 Å². The molecule has 1 aromatic heterocycles. The van der Waals surface area contributed by atoms with Crippen LogP contribution in [0.2, 0.25) is 5.02 Å². The Labute approximate surface area is 160 Å². The molecule has 27 heavy (non-hydrogen) atoms. The van der Waals surface area contributed by atoms with Crippen LogP contribution in [-0.2, 0) is 10.0 Å². The Hall–Kier alpha value is -3.19. The third-order valence-electron chi connectivity index (χ3n) is 3.71. The third-order valence-corrected chi connectivity index (χ3v) is 4.89. The summed E-state index contributed by atoms with van der Waals surface area (Å²) in [5.41, 5.74) is 8.18. The van der Waals surface area contributed by atoms with Gasteiger partial charge in [-0.3, -0.25) is 0 Å². The number of rotatable bonds is 4. The number of amidine groups is 1. The number of benzene rings is 2. The summed E-state index contributed by atoms with van der Waals surface area (Å²) >= 11 is 5.93. The van der Waals surface area contributed by atoms with E-state index in [0.29, 0.717) is 22.0 Å². The molecule has 0 aliphatic rings. The zero-order valence-electron chi connectivity index (χ0n) is 13.7. The van der Waals surface area contributed by atoms with Gasteiger partial charge >= 0.3 is 0 Å². The normalized spacial score (nSPS) is 12.0. The SMILES string of the molecule is N#CN=C(N)c1nn(-c2ccc(S(N)(=O)=O)cc2)cc1-c1ccc(Cl)cc1. The molecule has 0 aliphatic carbocycles. The molecule has 0 unspecified atom stereocenters. The molecule has 0 amide bonds. The summed E-state index contributed by atoms with van der Waals surface area (Å²) in [7, 11) is -3.79. The molecule has 0 bridgehead atoms. The molecule has 0 spiro atoms. The second-order valence-electron chi connectivity index (χ2n) is 5.48. The van der Waals surface area contributed by atoms with Crippen LogP contribution in [0.4, 0.5) is 0 Å². The number of aliphatic imine (C=N–C) groups is 1. The standard InChI is InChI=1S/C17H13ClN6O2S/c18-12-3-1-11(2-4-12)15-9-24(23-16(15)17(20)22-10-19)13-5-7-14(8-6-13)27(21,25)26/h1-9H,(H2,20,22)(H2,21,25,26). The van der Waals surface area contributed by atoms with Gasteiger partial charge in [0.15, 0.2) is 5.84 Å². The molecule has 0 saturated carbocycles. The number of nitrogens with zero attached hydrogens (tertiary/aromatic N) is 4. The van der Waals surface area contributed by atoms with Crippen molar-refractivity contribution in [3.05, 3.63) is 65.4 Å². The first kappa shape index (κ1) is 18.6. The van der Waals surface area contributed by atoms with Gasteiger partial charge in [-0.05, 0) is 42.0 Å². The molecule has 0 saturated heterocycles. The Balaban J connectivity index is 2.13. The van der Waals surface area contributed by atoms with Gasteiger partial charge in [-0.1, -0.05) is 23.7 Å². The molecule has 2 aromatic carbocycles. The minimum Gasteiger partial charge on any atom is -0.381 e. The van der Waals surface area contributed by atoms with Crippen molar-refractivity contribution in [3.63, 3.8) is 0 Å². The van der Waals surface area contributed by atoms with Crippen molar-refractivity contribution in [2.75, 3.05) is 0 Å². The molecule has 136 valence electrons. The van der Waals surface area contributed by atoms with Crippen LogP contribution in [0.3, 0.4) is 0 Å². The Morgan fingerprint density at radius 1 is 1.15 bits per heavy atom. The molecule has 3 aromatic rings. The summed E-state index contributed by atoms with van der Waals surface area (Å²) in [5.74, 6) is -0.0395. The highest BCUT2D eigenvalue weighted by atomic mass is 35.5. The van der Waals surface area contributed by atoms with Crippen LogP contribution in [0, 0.1) is 11.5 Å². The van der Waals surface area contributed by atoms with Gasteiger partial charge in [0.05, 0.1) is 10.6 Å². The lowest BCUT2D eigenvalue weighted by molar-refractivity contribution is 0.598. The van der Waals surface area contributed by atoms with E-state index in [1.807, 2.05) is 0 Å². The molecular weight excluding hydrogens is 388 g/mol. The summed E-state index contributed by atoms with van der Waals surface area (Å²) in [4.78, 5) is 3.54. The summed E-state index contributed by atoms with van der Waals surface area (Å²) in [6.45, 7) is 0. The molecule has 8 nitrogen and oxygen atoms in total. The number of nitrogens with two attached hydrogens (primary N) is 2. The van der Waals surface area contributed by atoms with E-state index in [4.69, 9.17) is 27.7 Å². The molecule has 0 aliphatic heterocycles. The van der Waals surface area contributed by atoms with Gasteiger partial charge in [-0.2, -0.15) is 15.4 Å². The minimum atomic E-state index is -3.79. The van der Waals surface area contributed by atoms with Crippen molar-refractivity contribution in [1.82, 2.24) is 9.78 Å². The Morgan fingerprint density at radius 2 is 1.78 bits per heavy atom. The smallest absolute Gasteiger partial charge is 0.238 e. The lowest BCUT2D eigenvalue weighted by atomic mass is 10.1. The summed E-state index contributed by atoms with van der Waals surface area (Å²) in [5, 5.41) is 18.9. The maximum atomic E-state index is 11.4. The number of nitriles is 1. The summed E-state index contributed by atoms with van der Waals surface area (Å²) in [6, 6.07) is 12.9. The quantitative estimate of drug-likeness (QED) is 0.391. The predicted octanol–water partition coefficient (Wildman–Crippen LogP) is 2.03. The zero-order chi connectivity index (χ0) is 19.6. The fraction of sp³-hybridized carbons (Fsp3) is 0. The van der Waals surface area contributed by atoms with Crippen LogP contribution >= 0.6 is 11.6 Å². The van der Waals surface area contributed by atoms with Crippen molar-refractivity contribution < 1.29 is 8.42 Å². The van der Waals surface area contributed by atoms with E-state index in [1.54, 1.807) is 48.8 Å². The van der Waals surface area contributed by atoms with Gasteiger partial charge in [-0.15, -0.1) is 0 Å². The summed E-state index contributed by atoms with van der Waals surface area (Å²) in [6.07, 6.45) is 3.34. The lowest BCUT2D eigenvalue weighted by Crippen LogP contribution is -2.15. The molecule has 0 fully saturated rings. The monoisotopic (exact) mass is 400 g/mol. The van der Waals surface area contributed by atoms with E-state index in [9.17, 15) is 8.42 Å². The number of halogens is 1. The van der Waals surface area contributed by atoms with Crippen molar-refractivity contribution >= 4 is 27.5 Å². The van der Waals surface area contributed by atoms with Gasteiger partial charge < -0.3 is 5.73 Å². The number of aromatic nitrogens is 2. The van der Waals surface area contributed by atoms with Crippen LogP contribution in [-0.4, -0.2) is 24.0 Å². The molecule has 0 radical (unpaired) electrons. The van der Waals surface area contributed by atoms with Crippen molar-refractivity contribution in [3.8, 4) is 23.0 Å². The van der Waals surface area contributed by atoms with Crippen molar-refractivity contribution in [2.45, 2.75) is 4.90 Å². The average molecular weight is 401 g/mol. The van der Waals surface area contributed by atoms with Gasteiger partial charge in [0.25, 0.3) is 0 Å². The maximum absolute atomic E-state index is 11.4.